The molecule has 0 saturated heterocycles. The second kappa shape index (κ2) is 9.56. The highest BCUT2D eigenvalue weighted by atomic mass is 35.5. The zero-order chi connectivity index (χ0) is 21.0. The largest absolute Gasteiger partial charge is 0.481 e. The number of anilines is 1. The van der Waals surface area contributed by atoms with E-state index < -0.39 is 6.10 Å². The van der Waals surface area contributed by atoms with Gasteiger partial charge in [0.05, 0.1) is 0 Å². The lowest BCUT2D eigenvalue weighted by Gasteiger charge is -2.15. The zero-order valence-corrected chi connectivity index (χ0v) is 18.4. The van der Waals surface area contributed by atoms with Crippen molar-refractivity contribution in [3.05, 3.63) is 63.9 Å². The Kier molecular flexibility index (Phi) is 7.10. The number of aromatic nitrogens is 2. The third-order valence-electron chi connectivity index (χ3n) is 4.04. The molecular weight excluding hydrogens is 433 g/mol. The fourth-order valence-corrected chi connectivity index (χ4v) is 4.36. The maximum absolute atomic E-state index is 13.7. The normalized spacial score (nSPS) is 11.9. The van der Waals surface area contributed by atoms with Crippen LogP contribution in [0.15, 0.2) is 40.7 Å². The number of carbonyl (C=O) groups is 1. The van der Waals surface area contributed by atoms with Gasteiger partial charge in [0, 0.05) is 10.8 Å². The van der Waals surface area contributed by atoms with Crippen LogP contribution in [-0.4, -0.2) is 22.2 Å². The molecule has 1 N–H and O–H groups in total. The van der Waals surface area contributed by atoms with Crippen LogP contribution in [0.4, 0.5) is 9.52 Å². The first-order valence-electron chi connectivity index (χ1n) is 8.77. The molecule has 29 heavy (non-hydrogen) atoms. The summed E-state index contributed by atoms with van der Waals surface area (Å²) in [5, 5.41) is 11.7. The quantitative estimate of drug-likeness (QED) is 0.371. The lowest BCUT2D eigenvalue weighted by molar-refractivity contribution is -0.122. The van der Waals surface area contributed by atoms with Crippen LogP contribution in [0.3, 0.4) is 0 Å². The predicted octanol–water partition coefficient (Wildman–Crippen LogP) is 5.65. The molecular formula is C20H19ClFN3O2S2. The van der Waals surface area contributed by atoms with Crippen molar-refractivity contribution in [1.82, 2.24) is 10.2 Å². The average molecular weight is 452 g/mol. The number of amides is 1. The molecule has 1 amide bonds. The number of benzene rings is 2. The van der Waals surface area contributed by atoms with E-state index >= 15 is 0 Å². The van der Waals surface area contributed by atoms with Gasteiger partial charge in [0.25, 0.3) is 5.91 Å². The number of rotatable bonds is 7. The Morgan fingerprint density at radius 1 is 1.28 bits per heavy atom. The van der Waals surface area contributed by atoms with E-state index in [0.29, 0.717) is 31.6 Å². The number of thioether (sulfide) groups is 1. The molecule has 2 aromatic carbocycles. The monoisotopic (exact) mass is 451 g/mol. The molecule has 0 fully saturated rings. The molecule has 0 aliphatic carbocycles. The molecule has 9 heteroatoms. The lowest BCUT2D eigenvalue weighted by atomic mass is 10.1. The summed E-state index contributed by atoms with van der Waals surface area (Å²) in [5.74, 6) is 0.420. The second-order valence-electron chi connectivity index (χ2n) is 6.37. The van der Waals surface area contributed by atoms with Crippen molar-refractivity contribution in [2.45, 2.75) is 37.0 Å². The van der Waals surface area contributed by atoms with Gasteiger partial charge in [-0.15, -0.1) is 10.2 Å². The van der Waals surface area contributed by atoms with E-state index in [1.54, 1.807) is 37.3 Å². The molecule has 0 aliphatic rings. The second-order valence-corrected chi connectivity index (χ2v) is 8.95. The van der Waals surface area contributed by atoms with E-state index in [4.69, 9.17) is 16.3 Å². The van der Waals surface area contributed by atoms with Gasteiger partial charge in [-0.25, -0.2) is 4.39 Å². The van der Waals surface area contributed by atoms with Gasteiger partial charge in [0.15, 0.2) is 10.4 Å². The first kappa shape index (κ1) is 21.5. The van der Waals surface area contributed by atoms with Gasteiger partial charge in [-0.05, 0) is 55.7 Å². The highest BCUT2D eigenvalue weighted by molar-refractivity contribution is 8.00. The van der Waals surface area contributed by atoms with Crippen LogP contribution >= 0.6 is 34.7 Å². The van der Waals surface area contributed by atoms with E-state index in [1.807, 2.05) is 13.8 Å². The first-order valence-corrected chi connectivity index (χ1v) is 11.0. The maximum Gasteiger partial charge on any atom is 0.266 e. The van der Waals surface area contributed by atoms with E-state index in [1.165, 1.54) is 29.2 Å². The van der Waals surface area contributed by atoms with Crippen molar-refractivity contribution >= 4 is 45.7 Å². The Hall–Kier alpha value is -2.16. The van der Waals surface area contributed by atoms with Gasteiger partial charge >= 0.3 is 0 Å². The SMILES string of the molecule is Cc1cc(OC(C)C(=O)Nc2nnc(SCc3ccccc3F)s2)cc(C)c1Cl. The van der Waals surface area contributed by atoms with Crippen LogP contribution in [0.1, 0.15) is 23.6 Å². The molecule has 0 saturated carbocycles. The number of ether oxygens (including phenoxy) is 1. The van der Waals surface area contributed by atoms with Crippen molar-refractivity contribution in [3.8, 4) is 5.75 Å². The van der Waals surface area contributed by atoms with Gasteiger partial charge in [-0.3, -0.25) is 10.1 Å². The summed E-state index contributed by atoms with van der Waals surface area (Å²) in [6.45, 7) is 5.42. The van der Waals surface area contributed by atoms with Crippen molar-refractivity contribution in [3.63, 3.8) is 0 Å². The molecule has 0 spiro atoms. The standard InChI is InChI=1S/C20H19ClFN3O2S2/c1-11-8-15(9-12(2)17(11)21)27-13(3)18(26)23-19-24-25-20(29-19)28-10-14-6-4-5-7-16(14)22/h4-9,13H,10H2,1-3H3,(H,23,24,26). The van der Waals surface area contributed by atoms with Gasteiger partial charge < -0.3 is 4.74 Å². The molecule has 0 bridgehead atoms. The highest BCUT2D eigenvalue weighted by Gasteiger charge is 2.18. The maximum atomic E-state index is 13.7. The smallest absolute Gasteiger partial charge is 0.266 e. The molecule has 0 aliphatic heterocycles. The van der Waals surface area contributed by atoms with E-state index in [9.17, 15) is 9.18 Å². The fraction of sp³-hybridized carbons (Fsp3) is 0.250. The summed E-state index contributed by atoms with van der Waals surface area (Å²) < 4.78 is 20.1. The Labute approximate surface area is 181 Å². The molecule has 5 nitrogen and oxygen atoms in total. The number of aryl methyl sites for hydroxylation is 2. The summed E-state index contributed by atoms with van der Waals surface area (Å²) in [7, 11) is 0. The van der Waals surface area contributed by atoms with Crippen molar-refractivity contribution < 1.29 is 13.9 Å². The molecule has 3 aromatic rings. The molecule has 3 rings (SSSR count). The Balaban J connectivity index is 1.56. The summed E-state index contributed by atoms with van der Waals surface area (Å²) in [6.07, 6.45) is -0.728. The van der Waals surface area contributed by atoms with Gasteiger partial charge in [-0.1, -0.05) is 52.9 Å². The predicted molar refractivity (Wildman–Crippen MR) is 116 cm³/mol. The molecule has 1 unspecified atom stereocenters. The summed E-state index contributed by atoms with van der Waals surface area (Å²) in [4.78, 5) is 12.4. The van der Waals surface area contributed by atoms with Crippen LogP contribution in [0.2, 0.25) is 5.02 Å². The van der Waals surface area contributed by atoms with Gasteiger partial charge in [0.1, 0.15) is 11.6 Å². The molecule has 1 heterocycles. The highest BCUT2D eigenvalue weighted by Crippen LogP contribution is 2.29. The lowest BCUT2D eigenvalue weighted by Crippen LogP contribution is -2.30. The number of nitrogens with zero attached hydrogens (tertiary/aromatic N) is 2. The minimum Gasteiger partial charge on any atom is -0.481 e. The van der Waals surface area contributed by atoms with Crippen LogP contribution in [0.5, 0.6) is 5.75 Å². The zero-order valence-electron chi connectivity index (χ0n) is 16.0. The molecule has 152 valence electrons. The molecule has 1 aromatic heterocycles. The van der Waals surface area contributed by atoms with Crippen LogP contribution in [-0.2, 0) is 10.5 Å². The number of carbonyl (C=O) groups excluding carboxylic acids is 1. The molecule has 1 atom stereocenters. The summed E-state index contributed by atoms with van der Waals surface area (Å²) in [5.41, 5.74) is 2.36. The summed E-state index contributed by atoms with van der Waals surface area (Å²) >= 11 is 8.75. The first-order chi connectivity index (χ1) is 13.8. The van der Waals surface area contributed by atoms with Crippen molar-refractivity contribution in [2.24, 2.45) is 0 Å². The van der Waals surface area contributed by atoms with E-state index in [0.717, 1.165) is 11.1 Å². The topological polar surface area (TPSA) is 64.1 Å². The van der Waals surface area contributed by atoms with Crippen molar-refractivity contribution in [2.75, 3.05) is 5.32 Å². The third kappa shape index (κ3) is 5.68. The number of halogens is 2. The minimum absolute atomic E-state index is 0.253. The van der Waals surface area contributed by atoms with Crippen LogP contribution in [0, 0.1) is 19.7 Å². The van der Waals surface area contributed by atoms with Gasteiger partial charge in [0.2, 0.25) is 5.13 Å². The average Bonchev–Trinajstić information content (AvgIpc) is 3.12. The minimum atomic E-state index is -0.728. The Morgan fingerprint density at radius 3 is 2.66 bits per heavy atom. The number of hydrogen-bond donors (Lipinski definition) is 1. The van der Waals surface area contributed by atoms with E-state index in [-0.39, 0.29) is 11.7 Å². The molecule has 0 radical (unpaired) electrons. The Bertz CT molecular complexity index is 1010. The van der Waals surface area contributed by atoms with E-state index in [2.05, 4.69) is 15.5 Å². The number of nitrogens with one attached hydrogen (secondary N) is 1. The Morgan fingerprint density at radius 2 is 1.97 bits per heavy atom. The van der Waals surface area contributed by atoms with Gasteiger partial charge in [-0.2, -0.15) is 0 Å². The van der Waals surface area contributed by atoms with Crippen LogP contribution < -0.4 is 10.1 Å². The van der Waals surface area contributed by atoms with Crippen molar-refractivity contribution in [1.29, 1.82) is 0 Å². The number of hydrogen-bond acceptors (Lipinski definition) is 6. The van der Waals surface area contributed by atoms with Crippen LogP contribution in [0.25, 0.3) is 0 Å². The fourth-order valence-electron chi connectivity index (χ4n) is 2.51. The summed E-state index contributed by atoms with van der Waals surface area (Å²) in [6, 6.07) is 10.2. The third-order valence-corrected chi connectivity index (χ3v) is 6.65.